The number of nitrogens with one attached hydrogen (secondary N) is 1. The van der Waals surface area contributed by atoms with Crippen molar-refractivity contribution in [3.63, 3.8) is 0 Å². The van der Waals surface area contributed by atoms with Crippen molar-refractivity contribution in [2.75, 3.05) is 13.6 Å². The summed E-state index contributed by atoms with van der Waals surface area (Å²) in [4.78, 5) is 0. The third kappa shape index (κ3) is 5.03. The molecule has 1 aromatic rings. The van der Waals surface area contributed by atoms with E-state index in [1.165, 1.54) is 12.1 Å². The smallest absolute Gasteiger partial charge is 0.416 e. The van der Waals surface area contributed by atoms with Crippen LogP contribution in [-0.2, 0) is 6.18 Å². The molecule has 0 amide bonds. The Hall–Kier alpha value is -1.95. The molecule has 0 spiro atoms. The number of benzene rings is 1. The van der Waals surface area contributed by atoms with E-state index in [1.807, 2.05) is 13.1 Å². The highest BCUT2D eigenvalue weighted by Gasteiger charge is 2.30. The molecule has 6 heteroatoms. The fraction of sp³-hybridized carbons (Fsp3) is 0.412. The van der Waals surface area contributed by atoms with Crippen LogP contribution in [0.3, 0.4) is 0 Å². The monoisotopic (exact) mass is 327 g/mol. The molecule has 1 aromatic carbocycles. The van der Waals surface area contributed by atoms with Gasteiger partial charge in [-0.15, -0.1) is 0 Å². The minimum atomic E-state index is -4.35. The van der Waals surface area contributed by atoms with E-state index in [0.29, 0.717) is 18.6 Å². The van der Waals surface area contributed by atoms with Gasteiger partial charge in [-0.1, -0.05) is 6.08 Å². The van der Waals surface area contributed by atoms with Crippen LogP contribution in [0, 0.1) is 5.92 Å². The van der Waals surface area contributed by atoms with E-state index in [2.05, 4.69) is 5.32 Å². The molecule has 2 atom stereocenters. The molecule has 0 radical (unpaired) electrons. The van der Waals surface area contributed by atoms with E-state index in [9.17, 15) is 18.3 Å². The van der Waals surface area contributed by atoms with Crippen LogP contribution in [0.5, 0.6) is 5.75 Å². The van der Waals surface area contributed by atoms with Crippen LogP contribution in [0.1, 0.15) is 18.4 Å². The van der Waals surface area contributed by atoms with Crippen LogP contribution >= 0.6 is 0 Å². The first-order chi connectivity index (χ1) is 10.9. The number of hydrogen-bond donors (Lipinski definition) is 2. The quantitative estimate of drug-likeness (QED) is 0.827. The third-order valence-corrected chi connectivity index (χ3v) is 3.74. The van der Waals surface area contributed by atoms with E-state index in [4.69, 9.17) is 4.74 Å². The van der Waals surface area contributed by atoms with Crippen molar-refractivity contribution in [1.29, 1.82) is 0 Å². The average molecular weight is 327 g/mol. The highest BCUT2D eigenvalue weighted by atomic mass is 19.4. The van der Waals surface area contributed by atoms with Gasteiger partial charge in [0.15, 0.2) is 0 Å². The van der Waals surface area contributed by atoms with Crippen LogP contribution in [0.2, 0.25) is 0 Å². The van der Waals surface area contributed by atoms with Crippen molar-refractivity contribution in [3.05, 3.63) is 53.8 Å². The Kier molecular flexibility index (Phi) is 5.71. The van der Waals surface area contributed by atoms with Gasteiger partial charge in [-0.25, -0.2) is 0 Å². The zero-order valence-electron chi connectivity index (χ0n) is 12.8. The maximum atomic E-state index is 12.6. The number of alkyl halides is 3. The van der Waals surface area contributed by atoms with Crippen molar-refractivity contribution >= 4 is 0 Å². The van der Waals surface area contributed by atoms with Crippen molar-refractivity contribution < 1.29 is 23.0 Å². The molecule has 1 aliphatic rings. The van der Waals surface area contributed by atoms with Crippen LogP contribution in [0.4, 0.5) is 13.2 Å². The molecule has 0 fully saturated rings. The Bertz CT molecular complexity index is 564. The molecular formula is C17H20F3NO2. The standard InChI is InChI=1S/C17H20F3NO2/c1-21-11-10-16(12-2-6-14(22)7-3-12)23-15-8-4-13(5-9-15)17(18,19)20/h2,4-9,12,16,21-22H,3,10-11H2,1H3. The van der Waals surface area contributed by atoms with Crippen LogP contribution in [-0.4, -0.2) is 24.8 Å². The number of hydrogen-bond acceptors (Lipinski definition) is 3. The fourth-order valence-electron chi connectivity index (χ4n) is 2.45. The topological polar surface area (TPSA) is 41.5 Å². The molecule has 0 saturated carbocycles. The normalized spacial score (nSPS) is 19.3. The molecule has 2 rings (SSSR count). The first kappa shape index (κ1) is 17.4. The summed E-state index contributed by atoms with van der Waals surface area (Å²) < 4.78 is 43.7. The number of aliphatic hydroxyl groups excluding tert-OH is 1. The Morgan fingerprint density at radius 3 is 2.52 bits per heavy atom. The average Bonchev–Trinajstić information content (AvgIpc) is 2.52. The van der Waals surface area contributed by atoms with Gasteiger partial charge in [-0.3, -0.25) is 0 Å². The Labute approximate surface area is 133 Å². The lowest BCUT2D eigenvalue weighted by Crippen LogP contribution is -2.30. The summed E-state index contributed by atoms with van der Waals surface area (Å²) >= 11 is 0. The minimum absolute atomic E-state index is 0.0709. The zero-order chi connectivity index (χ0) is 16.9. The highest BCUT2D eigenvalue weighted by molar-refractivity contribution is 5.29. The van der Waals surface area contributed by atoms with Crippen LogP contribution in [0.25, 0.3) is 0 Å². The van der Waals surface area contributed by atoms with Crippen molar-refractivity contribution in [2.45, 2.75) is 25.1 Å². The summed E-state index contributed by atoms with van der Waals surface area (Å²) in [5.74, 6) is 0.705. The molecule has 2 unspecified atom stereocenters. The second-order valence-corrected chi connectivity index (χ2v) is 5.46. The summed E-state index contributed by atoms with van der Waals surface area (Å²) in [5, 5.41) is 12.4. The number of aliphatic hydroxyl groups is 1. The predicted molar refractivity (Wildman–Crippen MR) is 82.4 cm³/mol. The summed E-state index contributed by atoms with van der Waals surface area (Å²) in [6.45, 7) is 0.728. The van der Waals surface area contributed by atoms with Gasteiger partial charge in [0.1, 0.15) is 17.6 Å². The van der Waals surface area contributed by atoms with Gasteiger partial charge >= 0.3 is 6.18 Å². The molecule has 0 aliphatic heterocycles. The fourth-order valence-corrected chi connectivity index (χ4v) is 2.45. The van der Waals surface area contributed by atoms with Crippen LogP contribution < -0.4 is 10.1 Å². The molecule has 23 heavy (non-hydrogen) atoms. The number of allylic oxidation sites excluding steroid dienone is 2. The maximum Gasteiger partial charge on any atom is 0.416 e. The summed E-state index contributed by atoms with van der Waals surface area (Å²) in [7, 11) is 1.83. The summed E-state index contributed by atoms with van der Waals surface area (Å²) in [6.07, 6.45) is 2.03. The molecule has 3 nitrogen and oxygen atoms in total. The van der Waals surface area contributed by atoms with Crippen molar-refractivity contribution in [2.24, 2.45) is 5.92 Å². The molecule has 1 aliphatic carbocycles. The van der Waals surface area contributed by atoms with Crippen molar-refractivity contribution in [3.8, 4) is 5.75 Å². The number of ether oxygens (including phenoxy) is 1. The minimum Gasteiger partial charge on any atom is -0.508 e. The molecule has 0 heterocycles. The maximum absolute atomic E-state index is 12.6. The molecule has 126 valence electrons. The molecule has 2 N–H and O–H groups in total. The second-order valence-electron chi connectivity index (χ2n) is 5.46. The molecule has 0 bridgehead atoms. The van der Waals surface area contributed by atoms with Gasteiger partial charge in [-0.2, -0.15) is 13.2 Å². The highest BCUT2D eigenvalue weighted by Crippen LogP contribution is 2.31. The van der Waals surface area contributed by atoms with E-state index >= 15 is 0 Å². The first-order valence-electron chi connectivity index (χ1n) is 7.46. The molecule has 0 aromatic heterocycles. The van der Waals surface area contributed by atoms with Gasteiger partial charge < -0.3 is 15.2 Å². The summed E-state index contributed by atoms with van der Waals surface area (Å²) in [6, 6.07) is 4.73. The van der Waals surface area contributed by atoms with E-state index in [0.717, 1.165) is 18.7 Å². The molecule has 0 saturated heterocycles. The third-order valence-electron chi connectivity index (χ3n) is 3.74. The lowest BCUT2D eigenvalue weighted by atomic mass is 9.92. The van der Waals surface area contributed by atoms with Gasteiger partial charge in [-0.05, 0) is 62.9 Å². The Morgan fingerprint density at radius 2 is 2.00 bits per heavy atom. The predicted octanol–water partition coefficient (Wildman–Crippen LogP) is 4.08. The largest absolute Gasteiger partial charge is 0.508 e. The zero-order valence-corrected chi connectivity index (χ0v) is 12.8. The van der Waals surface area contributed by atoms with E-state index in [-0.39, 0.29) is 17.8 Å². The lowest BCUT2D eigenvalue weighted by molar-refractivity contribution is -0.137. The number of rotatable bonds is 6. The Morgan fingerprint density at radius 1 is 1.30 bits per heavy atom. The van der Waals surface area contributed by atoms with Crippen LogP contribution in [0.15, 0.2) is 48.3 Å². The first-order valence-corrected chi connectivity index (χ1v) is 7.46. The van der Waals surface area contributed by atoms with Gasteiger partial charge in [0.25, 0.3) is 0 Å². The number of halogens is 3. The van der Waals surface area contributed by atoms with Gasteiger partial charge in [0, 0.05) is 5.92 Å². The van der Waals surface area contributed by atoms with E-state index in [1.54, 1.807) is 12.2 Å². The summed E-state index contributed by atoms with van der Waals surface area (Å²) in [5.41, 5.74) is -0.693. The Balaban J connectivity index is 2.07. The van der Waals surface area contributed by atoms with E-state index < -0.39 is 11.7 Å². The van der Waals surface area contributed by atoms with Crippen molar-refractivity contribution in [1.82, 2.24) is 5.32 Å². The SMILES string of the molecule is CNCCC(Oc1ccc(C(F)(F)F)cc1)C1C=CC(O)=CC1. The van der Waals surface area contributed by atoms with Gasteiger partial charge in [0.05, 0.1) is 5.56 Å². The lowest BCUT2D eigenvalue weighted by Gasteiger charge is -2.27. The van der Waals surface area contributed by atoms with Gasteiger partial charge in [0.2, 0.25) is 0 Å². The molecular weight excluding hydrogens is 307 g/mol. The second kappa shape index (κ2) is 7.55.